The number of carboxylic acids is 1. The van der Waals surface area contributed by atoms with Crippen LogP contribution in [0.5, 0.6) is 11.5 Å². The first kappa shape index (κ1) is 30.1. The third-order valence-electron chi connectivity index (χ3n) is 7.00. The first-order chi connectivity index (χ1) is 20.8. The summed E-state index contributed by atoms with van der Waals surface area (Å²) in [6, 6.07) is 29.8. The Labute approximate surface area is 261 Å². The number of carboxylic acid groups (broad SMARTS) is 1. The molecule has 1 amide bonds. The average molecular weight is 610 g/mol. The van der Waals surface area contributed by atoms with Crippen molar-refractivity contribution in [2.24, 2.45) is 0 Å². The number of thiocarbonyl (C=S) groups is 1. The number of hydrogen-bond acceptors (Lipinski definition) is 6. The maximum Gasteiger partial charge on any atom is 0.327 e. The molecule has 0 bridgehead atoms. The Morgan fingerprint density at radius 1 is 0.860 bits per heavy atom. The van der Waals surface area contributed by atoms with Crippen LogP contribution in [0.15, 0.2) is 102 Å². The molecule has 1 aliphatic heterocycles. The van der Waals surface area contributed by atoms with E-state index in [0.29, 0.717) is 35.2 Å². The van der Waals surface area contributed by atoms with Gasteiger partial charge in [0.15, 0.2) is 0 Å². The maximum atomic E-state index is 13.5. The highest BCUT2D eigenvalue weighted by molar-refractivity contribution is 8.26. The first-order valence-corrected chi connectivity index (χ1v) is 15.0. The zero-order chi connectivity index (χ0) is 30.3. The molecule has 1 fully saturated rings. The topological polar surface area (TPSA) is 76.1 Å². The lowest BCUT2D eigenvalue weighted by Gasteiger charge is -2.23. The van der Waals surface area contributed by atoms with Gasteiger partial charge >= 0.3 is 5.97 Å². The van der Waals surface area contributed by atoms with Crippen molar-refractivity contribution in [3.05, 3.63) is 135 Å². The number of amides is 1. The molecule has 1 heterocycles. The van der Waals surface area contributed by atoms with Crippen molar-refractivity contribution >= 4 is 46.3 Å². The predicted octanol–water partition coefficient (Wildman–Crippen LogP) is 7.36. The third-order valence-corrected chi connectivity index (χ3v) is 8.34. The summed E-state index contributed by atoms with van der Waals surface area (Å²) >= 11 is 6.59. The van der Waals surface area contributed by atoms with E-state index in [9.17, 15) is 14.7 Å². The zero-order valence-electron chi connectivity index (χ0n) is 23.9. The van der Waals surface area contributed by atoms with E-state index in [-0.39, 0.29) is 10.7 Å². The van der Waals surface area contributed by atoms with E-state index >= 15 is 0 Å². The van der Waals surface area contributed by atoms with Crippen LogP contribution in [0.25, 0.3) is 6.08 Å². The molecular formula is C35H31NO5S2. The second-order valence-corrected chi connectivity index (χ2v) is 12.0. The number of thioether (sulfide) groups is 1. The number of aliphatic carboxylic acids is 1. The van der Waals surface area contributed by atoms with Gasteiger partial charge in [0.05, 0.1) is 4.91 Å². The largest absolute Gasteiger partial charge is 0.489 e. The van der Waals surface area contributed by atoms with Crippen molar-refractivity contribution in [1.29, 1.82) is 0 Å². The van der Waals surface area contributed by atoms with Gasteiger partial charge in [0.2, 0.25) is 0 Å². The van der Waals surface area contributed by atoms with E-state index in [0.717, 1.165) is 34.0 Å². The molecule has 0 saturated carbocycles. The van der Waals surface area contributed by atoms with Crippen LogP contribution in [0.1, 0.15) is 33.4 Å². The Kier molecular flexibility index (Phi) is 9.59. The van der Waals surface area contributed by atoms with E-state index < -0.39 is 17.9 Å². The van der Waals surface area contributed by atoms with E-state index in [1.807, 2.05) is 111 Å². The van der Waals surface area contributed by atoms with Gasteiger partial charge in [-0.05, 0) is 48.7 Å². The minimum Gasteiger partial charge on any atom is -0.489 e. The molecule has 4 aromatic carbocycles. The number of carbonyl (C=O) groups excluding carboxylic acids is 1. The Balaban J connectivity index is 1.40. The fourth-order valence-corrected chi connectivity index (χ4v) is 5.91. The van der Waals surface area contributed by atoms with Crippen molar-refractivity contribution < 1.29 is 24.2 Å². The molecule has 8 heteroatoms. The molecule has 0 aliphatic carbocycles. The lowest BCUT2D eigenvalue weighted by molar-refractivity contribution is -0.145. The van der Waals surface area contributed by atoms with Gasteiger partial charge in [0.25, 0.3) is 5.91 Å². The molecule has 4 aromatic rings. The van der Waals surface area contributed by atoms with Gasteiger partial charge in [0, 0.05) is 18.1 Å². The molecule has 1 N–H and O–H groups in total. The molecule has 1 unspecified atom stereocenters. The van der Waals surface area contributed by atoms with E-state index in [1.54, 1.807) is 6.08 Å². The molecule has 0 spiro atoms. The van der Waals surface area contributed by atoms with Gasteiger partial charge in [-0.15, -0.1) is 0 Å². The summed E-state index contributed by atoms with van der Waals surface area (Å²) < 4.78 is 12.5. The smallest absolute Gasteiger partial charge is 0.327 e. The van der Waals surface area contributed by atoms with Gasteiger partial charge in [0.1, 0.15) is 35.1 Å². The Bertz CT molecular complexity index is 1650. The molecule has 0 aromatic heterocycles. The number of ether oxygens (including phenoxy) is 2. The maximum absolute atomic E-state index is 13.5. The summed E-state index contributed by atoms with van der Waals surface area (Å²) in [5.41, 5.74) is 5.85. The van der Waals surface area contributed by atoms with Gasteiger partial charge in [-0.1, -0.05) is 114 Å². The van der Waals surface area contributed by atoms with Gasteiger partial charge < -0.3 is 14.6 Å². The Hall–Kier alpha value is -4.40. The van der Waals surface area contributed by atoms with Crippen LogP contribution in [0.2, 0.25) is 0 Å². The fourth-order valence-electron chi connectivity index (χ4n) is 4.56. The summed E-state index contributed by atoms with van der Waals surface area (Å²) in [6.07, 6.45) is 1.85. The second-order valence-electron chi connectivity index (χ2n) is 10.3. The van der Waals surface area contributed by atoms with Crippen LogP contribution in [-0.4, -0.2) is 32.2 Å². The quantitative estimate of drug-likeness (QED) is 0.141. The summed E-state index contributed by atoms with van der Waals surface area (Å²) in [4.78, 5) is 27.3. The van der Waals surface area contributed by atoms with E-state index in [2.05, 4.69) is 0 Å². The Morgan fingerprint density at radius 2 is 1.47 bits per heavy atom. The van der Waals surface area contributed by atoms with Crippen LogP contribution >= 0.6 is 24.0 Å². The molecule has 43 heavy (non-hydrogen) atoms. The standard InChI is InChI=1S/C35H31NO5S2/c1-23-8-12-26(13-9-23)21-40-29-17-16-28(31(20-29)41-22-27-14-10-24(2)11-15-27)19-32-33(37)36(35(42)43-32)30(34(38)39)18-25-6-4-3-5-7-25/h3-17,19-20,30H,18,21-22H2,1-2H3,(H,38,39). The van der Waals surface area contributed by atoms with Gasteiger partial charge in [-0.2, -0.15) is 0 Å². The molecule has 1 aliphatic rings. The van der Waals surface area contributed by atoms with Crippen molar-refractivity contribution in [1.82, 2.24) is 4.90 Å². The van der Waals surface area contributed by atoms with Crippen LogP contribution in [0, 0.1) is 13.8 Å². The summed E-state index contributed by atoms with van der Waals surface area (Å²) in [6.45, 7) is 4.79. The molecular weight excluding hydrogens is 579 g/mol. The molecule has 6 nitrogen and oxygen atoms in total. The Morgan fingerprint density at radius 3 is 2.07 bits per heavy atom. The average Bonchev–Trinajstić information content (AvgIpc) is 3.28. The lowest BCUT2D eigenvalue weighted by Crippen LogP contribution is -2.45. The van der Waals surface area contributed by atoms with Crippen LogP contribution in [0.4, 0.5) is 0 Å². The van der Waals surface area contributed by atoms with Crippen molar-refractivity contribution in [3.63, 3.8) is 0 Å². The molecule has 1 saturated heterocycles. The van der Waals surface area contributed by atoms with Crippen molar-refractivity contribution in [3.8, 4) is 11.5 Å². The molecule has 5 rings (SSSR count). The highest BCUT2D eigenvalue weighted by Gasteiger charge is 2.40. The third kappa shape index (κ3) is 7.71. The van der Waals surface area contributed by atoms with Gasteiger partial charge in [-0.3, -0.25) is 9.69 Å². The number of hydrogen-bond donors (Lipinski definition) is 1. The van der Waals surface area contributed by atoms with Crippen LogP contribution in [0.3, 0.4) is 0 Å². The number of rotatable bonds is 11. The summed E-state index contributed by atoms with van der Waals surface area (Å²) in [7, 11) is 0. The van der Waals surface area contributed by atoms with Crippen LogP contribution < -0.4 is 9.47 Å². The SMILES string of the molecule is Cc1ccc(COc2ccc(C=C3SC(=S)N(C(Cc4ccccc4)C(=O)O)C3=O)c(OCc3ccc(C)cc3)c2)cc1. The number of carbonyl (C=O) groups is 2. The van der Waals surface area contributed by atoms with Crippen molar-refractivity contribution in [2.45, 2.75) is 39.5 Å². The molecule has 1 atom stereocenters. The highest BCUT2D eigenvalue weighted by Crippen LogP contribution is 2.37. The summed E-state index contributed by atoms with van der Waals surface area (Å²) in [5, 5.41) is 10.0. The number of nitrogens with zero attached hydrogens (tertiary/aromatic N) is 1. The fraction of sp³-hybridized carbons (Fsp3) is 0.171. The normalized spacial score (nSPS) is 14.7. The number of benzene rings is 4. The highest BCUT2D eigenvalue weighted by atomic mass is 32.2. The monoisotopic (exact) mass is 609 g/mol. The van der Waals surface area contributed by atoms with Crippen LogP contribution in [-0.2, 0) is 29.2 Å². The first-order valence-electron chi connectivity index (χ1n) is 13.8. The van der Waals surface area contributed by atoms with E-state index in [4.69, 9.17) is 21.7 Å². The van der Waals surface area contributed by atoms with E-state index in [1.165, 1.54) is 10.5 Å². The molecule has 218 valence electrons. The minimum atomic E-state index is -1.12. The number of aryl methyl sites for hydroxylation is 2. The lowest BCUT2D eigenvalue weighted by atomic mass is 10.0. The van der Waals surface area contributed by atoms with Crippen molar-refractivity contribution in [2.75, 3.05) is 0 Å². The second kappa shape index (κ2) is 13.7. The predicted molar refractivity (Wildman–Crippen MR) is 174 cm³/mol. The van der Waals surface area contributed by atoms with Gasteiger partial charge in [-0.25, -0.2) is 4.79 Å². The zero-order valence-corrected chi connectivity index (χ0v) is 25.5. The minimum absolute atomic E-state index is 0.147. The molecule has 0 radical (unpaired) electrons. The summed E-state index contributed by atoms with van der Waals surface area (Å²) in [5.74, 6) is -0.398.